The first-order chi connectivity index (χ1) is 50.6. The van der Waals surface area contributed by atoms with Crippen molar-refractivity contribution in [3.05, 3.63) is 93.5 Å². The van der Waals surface area contributed by atoms with Crippen molar-refractivity contribution in [2.75, 3.05) is 26.2 Å². The summed E-state index contributed by atoms with van der Waals surface area (Å²) in [6, 6.07) is -4.59. The number of nitrogens with one attached hydrogen (secondary N) is 5. The van der Waals surface area contributed by atoms with E-state index >= 15 is 14.4 Å². The van der Waals surface area contributed by atoms with Crippen LogP contribution in [-0.2, 0) is 25.7 Å². The van der Waals surface area contributed by atoms with Crippen LogP contribution in [0, 0.1) is 37.5 Å². The van der Waals surface area contributed by atoms with Gasteiger partial charge in [0.2, 0.25) is 0 Å². The molecule has 25 N–H and O–H groups in total. The van der Waals surface area contributed by atoms with Gasteiger partial charge in [0.25, 0.3) is 35.4 Å². The molecule has 0 aliphatic carbocycles. The van der Waals surface area contributed by atoms with Gasteiger partial charge in [-0.05, 0) is 141 Å². The number of amides is 6. The van der Waals surface area contributed by atoms with Crippen molar-refractivity contribution in [1.82, 2.24) is 56.5 Å². The van der Waals surface area contributed by atoms with Crippen LogP contribution in [0.25, 0.3) is 0 Å². The van der Waals surface area contributed by atoms with Gasteiger partial charge < -0.3 is 83.9 Å². The van der Waals surface area contributed by atoms with E-state index in [0.29, 0.717) is 187 Å². The van der Waals surface area contributed by atoms with Gasteiger partial charge >= 0.3 is 0 Å². The predicted molar refractivity (Wildman–Crippen MR) is 432 cm³/mol. The molecule has 6 aromatic heterocycles. The van der Waals surface area contributed by atoms with Crippen LogP contribution in [-0.4, -0.2) is 115 Å². The van der Waals surface area contributed by atoms with Crippen molar-refractivity contribution in [2.24, 2.45) is 101 Å². The number of aliphatic imine (C=N–C) groups is 4. The number of aryl methyl sites for hydroxylation is 4. The maximum Gasteiger partial charge on any atom is 0.263 e. The molecule has 107 heavy (non-hydrogen) atoms. The molecule has 37 heteroatoms. The van der Waals surface area contributed by atoms with Crippen LogP contribution in [0.5, 0.6) is 0 Å². The van der Waals surface area contributed by atoms with E-state index < -0.39 is 71.7 Å². The second kappa shape index (κ2) is 42.4. The third-order valence-electron chi connectivity index (χ3n) is 16.5. The molecule has 0 aliphatic heterocycles. The number of thiazole rings is 6. The molecule has 0 unspecified atom stereocenters. The Bertz CT molecular complexity index is 4070. The summed E-state index contributed by atoms with van der Waals surface area (Å²) in [7, 11) is 0. The molecule has 0 radical (unpaired) electrons. The van der Waals surface area contributed by atoms with E-state index in [1.807, 2.05) is 62.3 Å². The second-order valence-electron chi connectivity index (χ2n) is 28.2. The van der Waals surface area contributed by atoms with E-state index in [1.54, 1.807) is 20.8 Å². The van der Waals surface area contributed by atoms with Gasteiger partial charge in [0, 0.05) is 45.1 Å². The van der Waals surface area contributed by atoms with Gasteiger partial charge in [0.1, 0.15) is 29.3 Å². The highest BCUT2D eigenvalue weighted by Gasteiger charge is 2.36. The first-order valence-electron chi connectivity index (χ1n) is 36.3. The molecule has 6 heterocycles. The Morgan fingerprint density at radius 1 is 0.346 bits per heavy atom. The van der Waals surface area contributed by atoms with Crippen LogP contribution in [0.3, 0.4) is 0 Å². The third-order valence-corrected chi connectivity index (χ3v) is 22.9. The van der Waals surface area contributed by atoms with Crippen LogP contribution >= 0.6 is 68.0 Å². The van der Waals surface area contributed by atoms with E-state index in [0.717, 1.165) is 16.3 Å². The van der Waals surface area contributed by atoms with E-state index in [9.17, 15) is 14.4 Å². The zero-order chi connectivity index (χ0) is 78.9. The number of nitrogens with two attached hydrogens (primary N) is 10. The lowest BCUT2D eigenvalue weighted by molar-refractivity contribution is 0.0909. The van der Waals surface area contributed by atoms with Gasteiger partial charge in [-0.15, -0.1) is 68.0 Å². The van der Waals surface area contributed by atoms with E-state index in [-0.39, 0.29) is 78.3 Å². The van der Waals surface area contributed by atoms with Crippen LogP contribution in [0.1, 0.15) is 305 Å². The molecule has 6 aromatic rings. The highest BCUT2D eigenvalue weighted by molar-refractivity contribution is 7.15. The summed E-state index contributed by atoms with van der Waals surface area (Å²) in [6.07, 6.45) is 8.62. The number of nitrogens with zero attached hydrogens (tertiary/aromatic N) is 10. The molecule has 0 aliphatic rings. The van der Waals surface area contributed by atoms with E-state index in [4.69, 9.17) is 87.2 Å². The molecule has 6 amide bonds. The Balaban J connectivity index is 1.36. The number of rotatable bonds is 45. The summed E-state index contributed by atoms with van der Waals surface area (Å²) in [5, 5.41) is 19.9. The number of carbonyl (C=O) groups excluding carboxylic acids is 6. The molecule has 0 aromatic carbocycles. The number of carbonyl (C=O) groups is 6. The fourth-order valence-electron chi connectivity index (χ4n) is 11.7. The molecule has 0 saturated carbocycles. The van der Waals surface area contributed by atoms with Gasteiger partial charge in [-0.1, -0.05) is 55.4 Å². The predicted octanol–water partition coefficient (Wildman–Crippen LogP) is 8.11. The molecular formula is C70H111N25O6S6. The number of guanidine groups is 4. The quantitative estimate of drug-likeness (QED) is 0.00974. The number of hydrogen-bond acceptors (Lipinski definition) is 23. The van der Waals surface area contributed by atoms with Crippen molar-refractivity contribution in [2.45, 2.75) is 222 Å². The molecule has 0 spiro atoms. The summed E-state index contributed by atoms with van der Waals surface area (Å²) in [4.78, 5) is 136. The number of hydrogen-bond donors (Lipinski definition) is 15. The van der Waals surface area contributed by atoms with Gasteiger partial charge in [-0.3, -0.25) is 48.7 Å². The molecular weight excluding hydrogens is 1480 g/mol. The van der Waals surface area contributed by atoms with Gasteiger partial charge in [-0.2, -0.15) is 0 Å². The second-order valence-corrected chi connectivity index (χ2v) is 34.9. The lowest BCUT2D eigenvalue weighted by atomic mass is 9.99. The summed E-state index contributed by atoms with van der Waals surface area (Å²) in [6.45, 7) is 24.9. The molecule has 0 fully saturated rings. The molecule has 0 bridgehead atoms. The third kappa shape index (κ3) is 27.7. The zero-order valence-electron chi connectivity index (χ0n) is 63.6. The number of primary amides is 1. The van der Waals surface area contributed by atoms with Gasteiger partial charge in [0.05, 0.1) is 94.4 Å². The summed E-state index contributed by atoms with van der Waals surface area (Å²) >= 11 is 7.26. The Morgan fingerprint density at radius 3 is 1.05 bits per heavy atom. The first-order valence-corrected chi connectivity index (χ1v) is 41.2. The Kier molecular flexibility index (Phi) is 34.7. The van der Waals surface area contributed by atoms with Crippen LogP contribution in [0.2, 0.25) is 0 Å². The highest BCUT2D eigenvalue weighted by Crippen LogP contribution is 2.37. The maximum absolute atomic E-state index is 15.5. The molecule has 588 valence electrons. The summed E-state index contributed by atoms with van der Waals surface area (Å²) in [5.74, 6) is -2.75. The standard InChI is InChI=1S/C70H111N25O6S6/c1-33(2)29-43(90-65(100)57-51(87-39(11)102-57)41(71)21-13-17-25-81-67(73)74)53-60(105-45(92-53)23-15-19-27-83-69(77)78)63(98)86-38(10)50-56(107-48(95-50)32-36(7)8)64(99)89-42(22-14-18-26-82-68(75)76)52-58(103-40(12)88-52)66(101)91-44(30-34(3)4)54-59(104-46(93-54)24-16-20-28-84-70(79)80)62(97)85-37(9)49-55(61(72)96)106-47(94-49)31-35(5)6/h33-38,41-44H,13-32,71H2,1-12H3,(H2,72,96)(H,85,97)(H,86,98)(H,89,99)(H,90,100)(H,91,101)(H4,73,74,81)(H4,75,76,82)(H4,77,78,83)(H4,79,80,84)/t37-,38-,41-,42-,43-,44-/m0/s1. The van der Waals surface area contributed by atoms with Crippen LogP contribution in [0.4, 0.5) is 0 Å². The van der Waals surface area contributed by atoms with Gasteiger partial charge in [0.15, 0.2) is 23.8 Å². The SMILES string of the molecule is Cc1nc([C@H](CCCCN=C(N)N)NC(=O)c2sc(CC(C)C)nc2[C@H](C)NC(=O)c2sc(CCCCN=C(N)N)nc2[C@H](CC(C)C)NC(=O)c2sc(C)nc2[C@@H](N)CCCCN=C(N)N)c(C(=O)N[C@@H](CC(C)C)c2nc(CCCCN=C(N)N)sc2C(=O)N[C@@H](C)c2nc(CC(C)C)sc2C(N)=O)s1. The molecule has 6 rings (SSSR count). The fourth-order valence-corrected chi connectivity index (χ4v) is 18.1. The Labute approximate surface area is 651 Å². The minimum atomic E-state index is -0.873. The average Bonchev–Trinajstić information content (AvgIpc) is 1.67. The minimum absolute atomic E-state index is 0.0101. The highest BCUT2D eigenvalue weighted by atomic mass is 32.1. The van der Waals surface area contributed by atoms with Crippen molar-refractivity contribution in [1.29, 1.82) is 0 Å². The topological polar surface area (TPSA) is 550 Å². The molecule has 0 saturated heterocycles. The summed E-state index contributed by atoms with van der Waals surface area (Å²) < 4.78 is 0. The normalized spacial score (nSPS) is 13.2. The maximum atomic E-state index is 15.5. The lowest BCUT2D eigenvalue weighted by Gasteiger charge is -2.22. The summed E-state index contributed by atoms with van der Waals surface area (Å²) in [5.41, 5.74) is 59.9. The first kappa shape index (κ1) is 87.5. The lowest BCUT2D eigenvalue weighted by Crippen LogP contribution is -2.35. The van der Waals surface area contributed by atoms with Crippen molar-refractivity contribution in [3.8, 4) is 0 Å². The van der Waals surface area contributed by atoms with E-state index in [1.165, 1.54) is 56.7 Å². The van der Waals surface area contributed by atoms with Crippen molar-refractivity contribution < 1.29 is 28.8 Å². The Hall–Kier alpha value is -8.36. The Morgan fingerprint density at radius 2 is 0.654 bits per heavy atom. The van der Waals surface area contributed by atoms with Crippen LogP contribution < -0.4 is 83.9 Å². The number of unbranched alkanes of at least 4 members (excludes halogenated alkanes) is 4. The number of aromatic nitrogens is 6. The fraction of sp³-hybridized carbons (Fsp3) is 0.600. The van der Waals surface area contributed by atoms with Crippen LogP contribution in [0.15, 0.2) is 20.0 Å². The molecule has 6 atom stereocenters. The average molecular weight is 1590 g/mol. The van der Waals surface area contributed by atoms with Crippen molar-refractivity contribution >= 4 is 127 Å². The zero-order valence-corrected chi connectivity index (χ0v) is 68.5. The molecule has 31 nitrogen and oxygen atoms in total. The smallest absolute Gasteiger partial charge is 0.263 e. The van der Waals surface area contributed by atoms with E-state index in [2.05, 4.69) is 46.6 Å². The van der Waals surface area contributed by atoms with Gasteiger partial charge in [-0.25, -0.2) is 29.9 Å². The van der Waals surface area contributed by atoms with Crippen molar-refractivity contribution in [3.63, 3.8) is 0 Å². The largest absolute Gasteiger partial charge is 0.370 e. The minimum Gasteiger partial charge on any atom is -0.370 e. The monoisotopic (exact) mass is 1590 g/mol.